The number of hydrogen-bond acceptors (Lipinski definition) is 7. The van der Waals surface area contributed by atoms with Crippen LogP contribution in [0.2, 0.25) is 0 Å². The van der Waals surface area contributed by atoms with Crippen LogP contribution >= 0.6 is 0 Å². The van der Waals surface area contributed by atoms with Crippen molar-refractivity contribution >= 4 is 22.6 Å². The van der Waals surface area contributed by atoms with E-state index in [0.717, 1.165) is 16.5 Å². The summed E-state index contributed by atoms with van der Waals surface area (Å²) in [6.45, 7) is 1.62. The van der Waals surface area contributed by atoms with Crippen LogP contribution in [0.3, 0.4) is 0 Å². The molecule has 0 fully saturated rings. The van der Waals surface area contributed by atoms with Crippen molar-refractivity contribution in [2.24, 2.45) is 7.05 Å². The molecule has 3 N–H and O–H groups in total. The lowest BCUT2D eigenvalue weighted by Gasteiger charge is -2.13. The predicted molar refractivity (Wildman–Crippen MR) is 129 cm³/mol. The SMILES string of the molecule is Cc1c(F)ccnc1CNC(=O)c1nc(-c2ccc3ncccc3c2)c(-c2ccn(C)n2)nc1N. The first-order chi connectivity index (χ1) is 16.9. The van der Waals surface area contributed by atoms with Crippen molar-refractivity contribution in [1.29, 1.82) is 0 Å². The summed E-state index contributed by atoms with van der Waals surface area (Å²) in [5.41, 5.74) is 9.94. The van der Waals surface area contributed by atoms with E-state index in [-0.39, 0.29) is 18.1 Å². The number of anilines is 1. The highest BCUT2D eigenvalue weighted by atomic mass is 19.1. The number of rotatable bonds is 5. The Morgan fingerprint density at radius 1 is 1.09 bits per heavy atom. The highest BCUT2D eigenvalue weighted by molar-refractivity contribution is 5.98. The van der Waals surface area contributed by atoms with Gasteiger partial charge in [-0.1, -0.05) is 12.1 Å². The van der Waals surface area contributed by atoms with Crippen molar-refractivity contribution in [1.82, 2.24) is 35.0 Å². The summed E-state index contributed by atoms with van der Waals surface area (Å²) in [7, 11) is 1.80. The molecule has 0 aliphatic heterocycles. The number of carbonyl (C=O) groups is 1. The molecule has 0 unspecified atom stereocenters. The van der Waals surface area contributed by atoms with Gasteiger partial charge in [-0.25, -0.2) is 14.4 Å². The fraction of sp³-hybridized carbons (Fsp3) is 0.120. The molecular weight excluding hydrogens is 447 g/mol. The molecule has 5 rings (SSSR count). The zero-order chi connectivity index (χ0) is 24.5. The lowest BCUT2D eigenvalue weighted by molar-refractivity contribution is 0.0946. The summed E-state index contributed by atoms with van der Waals surface area (Å²) in [5, 5.41) is 8.07. The monoisotopic (exact) mass is 468 g/mol. The van der Waals surface area contributed by atoms with Crippen LogP contribution < -0.4 is 11.1 Å². The van der Waals surface area contributed by atoms with Gasteiger partial charge in [0, 0.05) is 42.2 Å². The van der Waals surface area contributed by atoms with Gasteiger partial charge in [-0.15, -0.1) is 0 Å². The second-order valence-corrected chi connectivity index (χ2v) is 7.99. The molecule has 0 aliphatic rings. The van der Waals surface area contributed by atoms with Crippen LogP contribution in [-0.4, -0.2) is 35.6 Å². The lowest BCUT2D eigenvalue weighted by atomic mass is 10.0. The number of benzene rings is 1. The van der Waals surface area contributed by atoms with Crippen LogP contribution in [0.15, 0.2) is 61.1 Å². The number of halogens is 1. The van der Waals surface area contributed by atoms with Gasteiger partial charge in [0.05, 0.1) is 23.4 Å². The fourth-order valence-corrected chi connectivity index (χ4v) is 3.74. The third-order valence-corrected chi connectivity index (χ3v) is 5.63. The number of pyridine rings is 2. The van der Waals surface area contributed by atoms with Crippen molar-refractivity contribution < 1.29 is 9.18 Å². The van der Waals surface area contributed by atoms with Crippen LogP contribution in [0.1, 0.15) is 21.7 Å². The average Bonchev–Trinajstić information content (AvgIpc) is 3.30. The Kier molecular flexibility index (Phi) is 5.61. The summed E-state index contributed by atoms with van der Waals surface area (Å²) in [6.07, 6.45) is 4.87. The van der Waals surface area contributed by atoms with E-state index in [4.69, 9.17) is 5.73 Å². The van der Waals surface area contributed by atoms with Gasteiger partial charge in [0.1, 0.15) is 17.2 Å². The Labute approximate surface area is 199 Å². The van der Waals surface area contributed by atoms with Gasteiger partial charge < -0.3 is 11.1 Å². The Hall–Kier alpha value is -4.73. The molecule has 0 bridgehead atoms. The highest BCUT2D eigenvalue weighted by Crippen LogP contribution is 2.31. The molecule has 0 spiro atoms. The van der Waals surface area contributed by atoms with Crippen molar-refractivity contribution in [2.45, 2.75) is 13.5 Å². The zero-order valence-corrected chi connectivity index (χ0v) is 19.0. The molecular formula is C25H21FN8O. The molecule has 0 saturated heterocycles. The number of nitrogens with two attached hydrogens (primary N) is 1. The topological polar surface area (TPSA) is 125 Å². The summed E-state index contributed by atoms with van der Waals surface area (Å²) in [5.74, 6) is -0.980. The van der Waals surface area contributed by atoms with Gasteiger partial charge >= 0.3 is 0 Å². The van der Waals surface area contributed by atoms with Crippen molar-refractivity contribution in [3.63, 3.8) is 0 Å². The van der Waals surface area contributed by atoms with E-state index < -0.39 is 11.7 Å². The molecule has 9 nitrogen and oxygen atoms in total. The quantitative estimate of drug-likeness (QED) is 0.405. The molecule has 0 radical (unpaired) electrons. The molecule has 5 aromatic rings. The number of nitrogen functional groups attached to an aromatic ring is 1. The summed E-state index contributed by atoms with van der Waals surface area (Å²) in [4.78, 5) is 30.7. The van der Waals surface area contributed by atoms with Crippen LogP contribution in [0.25, 0.3) is 33.5 Å². The maximum atomic E-state index is 13.8. The van der Waals surface area contributed by atoms with E-state index in [1.54, 1.807) is 37.1 Å². The molecule has 1 amide bonds. The third-order valence-electron chi connectivity index (χ3n) is 5.63. The van der Waals surface area contributed by atoms with Crippen molar-refractivity contribution in [2.75, 3.05) is 5.73 Å². The zero-order valence-electron chi connectivity index (χ0n) is 19.0. The highest BCUT2D eigenvalue weighted by Gasteiger charge is 2.21. The number of nitrogens with zero attached hydrogens (tertiary/aromatic N) is 6. The third kappa shape index (κ3) is 4.29. The first-order valence-corrected chi connectivity index (χ1v) is 10.8. The van der Waals surface area contributed by atoms with Gasteiger partial charge in [-0.3, -0.25) is 19.4 Å². The Morgan fingerprint density at radius 2 is 1.94 bits per heavy atom. The average molecular weight is 468 g/mol. The molecule has 0 atom stereocenters. The minimum atomic E-state index is -0.545. The number of carbonyl (C=O) groups excluding carboxylic acids is 1. The smallest absolute Gasteiger partial charge is 0.274 e. The molecule has 35 heavy (non-hydrogen) atoms. The summed E-state index contributed by atoms with van der Waals surface area (Å²) >= 11 is 0. The Balaban J connectivity index is 1.57. The van der Waals surface area contributed by atoms with Gasteiger partial charge in [0.15, 0.2) is 11.5 Å². The number of aromatic nitrogens is 6. The maximum absolute atomic E-state index is 13.8. The largest absolute Gasteiger partial charge is 0.382 e. The molecule has 0 aliphatic carbocycles. The van der Waals surface area contributed by atoms with E-state index in [0.29, 0.717) is 28.3 Å². The van der Waals surface area contributed by atoms with E-state index in [1.165, 1.54) is 12.3 Å². The van der Waals surface area contributed by atoms with Gasteiger partial charge in [-0.2, -0.15) is 5.10 Å². The second-order valence-electron chi connectivity index (χ2n) is 7.99. The van der Waals surface area contributed by atoms with E-state index in [1.807, 2.05) is 30.3 Å². The molecule has 174 valence electrons. The molecule has 10 heteroatoms. The van der Waals surface area contributed by atoms with E-state index in [2.05, 4.69) is 30.4 Å². The van der Waals surface area contributed by atoms with Crippen LogP contribution in [0.5, 0.6) is 0 Å². The Bertz CT molecular complexity index is 1580. The van der Waals surface area contributed by atoms with Gasteiger partial charge in [-0.05, 0) is 37.3 Å². The molecule has 0 saturated carbocycles. The molecule has 4 aromatic heterocycles. The van der Waals surface area contributed by atoms with Gasteiger partial charge in [0.2, 0.25) is 0 Å². The van der Waals surface area contributed by atoms with Crippen molar-refractivity contribution in [3.8, 4) is 22.6 Å². The summed E-state index contributed by atoms with van der Waals surface area (Å²) < 4.78 is 15.5. The van der Waals surface area contributed by atoms with Crippen LogP contribution in [-0.2, 0) is 13.6 Å². The number of hydrogen-bond donors (Lipinski definition) is 2. The molecule has 4 heterocycles. The van der Waals surface area contributed by atoms with Crippen molar-refractivity contribution in [3.05, 3.63) is 83.8 Å². The maximum Gasteiger partial charge on any atom is 0.274 e. The molecule has 1 aromatic carbocycles. The van der Waals surface area contributed by atoms with Gasteiger partial charge in [0.25, 0.3) is 5.91 Å². The van der Waals surface area contributed by atoms with E-state index >= 15 is 0 Å². The Morgan fingerprint density at radius 3 is 2.74 bits per heavy atom. The lowest BCUT2D eigenvalue weighted by Crippen LogP contribution is -2.26. The second kappa shape index (κ2) is 8.90. The first kappa shape index (κ1) is 22.1. The minimum Gasteiger partial charge on any atom is -0.382 e. The fourth-order valence-electron chi connectivity index (χ4n) is 3.74. The number of nitrogens with one attached hydrogen (secondary N) is 1. The number of amides is 1. The minimum absolute atomic E-state index is 0.0164. The van der Waals surface area contributed by atoms with E-state index in [9.17, 15) is 9.18 Å². The number of aryl methyl sites for hydroxylation is 1. The standard InChI is InChI=1S/C25H21FN8O/c1-14-17(26)7-10-29-20(14)13-30-25(35)23-24(27)32-22(19-8-11-34(2)33-19)21(31-23)16-5-6-18-15(12-16)4-3-9-28-18/h3-12H,13H2,1-2H3,(H2,27,32)(H,30,35). The predicted octanol–water partition coefficient (Wildman–Crippen LogP) is 3.45. The normalized spacial score (nSPS) is 11.1. The van der Waals surface area contributed by atoms with Crippen LogP contribution in [0, 0.1) is 12.7 Å². The van der Waals surface area contributed by atoms with Crippen LogP contribution in [0.4, 0.5) is 10.2 Å². The first-order valence-electron chi connectivity index (χ1n) is 10.8. The summed E-state index contributed by atoms with van der Waals surface area (Å²) in [6, 6.07) is 12.5. The number of fused-ring (bicyclic) bond motifs is 1.